The van der Waals surface area contributed by atoms with E-state index in [-0.39, 0.29) is 0 Å². The second kappa shape index (κ2) is 5.19. The van der Waals surface area contributed by atoms with Gasteiger partial charge in [-0.25, -0.2) is 0 Å². The van der Waals surface area contributed by atoms with E-state index in [1.807, 2.05) is 0 Å². The van der Waals surface area contributed by atoms with Crippen LogP contribution < -0.4 is 0 Å². The van der Waals surface area contributed by atoms with Gasteiger partial charge in [-0.15, -0.1) is 0 Å². The lowest BCUT2D eigenvalue weighted by Crippen LogP contribution is -2.16. The molecule has 0 aliphatic heterocycles. The molecule has 0 spiro atoms. The van der Waals surface area contributed by atoms with Crippen molar-refractivity contribution in [3.05, 3.63) is 0 Å². The number of rotatable bonds is 2. The van der Waals surface area contributed by atoms with E-state index in [1.54, 1.807) is 0 Å². The maximum atomic E-state index is 2.47. The van der Waals surface area contributed by atoms with Crippen LogP contribution in [0.4, 0.5) is 0 Å². The summed E-state index contributed by atoms with van der Waals surface area (Å²) in [4.78, 5) is 0. The van der Waals surface area contributed by atoms with Crippen LogP contribution >= 0.6 is 0 Å². The zero-order valence-corrected chi connectivity index (χ0v) is 10.7. The maximum absolute atomic E-state index is 2.47. The van der Waals surface area contributed by atoms with Crippen LogP contribution in [0.1, 0.15) is 60.3 Å². The van der Waals surface area contributed by atoms with Gasteiger partial charge in [0.15, 0.2) is 0 Å². The predicted molar refractivity (Wildman–Crippen MR) is 64.3 cm³/mol. The maximum Gasteiger partial charge on any atom is -0.0365 e. The Hall–Kier alpha value is 0. The van der Waals surface area contributed by atoms with Crippen molar-refractivity contribution in [3.8, 4) is 0 Å². The highest BCUT2D eigenvalue weighted by atomic mass is 14.3. The molecule has 1 aliphatic carbocycles. The van der Waals surface area contributed by atoms with E-state index < -0.39 is 0 Å². The molecule has 14 heavy (non-hydrogen) atoms. The summed E-state index contributed by atoms with van der Waals surface area (Å²) in [7, 11) is 0. The third-order valence-corrected chi connectivity index (χ3v) is 4.39. The van der Waals surface area contributed by atoms with Gasteiger partial charge in [-0.3, -0.25) is 0 Å². The molecule has 0 N–H and O–H groups in total. The van der Waals surface area contributed by atoms with Crippen molar-refractivity contribution in [2.75, 3.05) is 0 Å². The van der Waals surface area contributed by atoms with Crippen molar-refractivity contribution in [1.82, 2.24) is 0 Å². The van der Waals surface area contributed by atoms with E-state index in [9.17, 15) is 0 Å². The van der Waals surface area contributed by atoms with Crippen molar-refractivity contribution in [3.63, 3.8) is 0 Å². The van der Waals surface area contributed by atoms with Crippen molar-refractivity contribution < 1.29 is 0 Å². The molecule has 0 radical (unpaired) electrons. The summed E-state index contributed by atoms with van der Waals surface area (Å²) in [6.45, 7) is 12.1. The number of hydrogen-bond acceptors (Lipinski definition) is 0. The third-order valence-electron chi connectivity index (χ3n) is 4.39. The van der Waals surface area contributed by atoms with Gasteiger partial charge in [-0.1, -0.05) is 41.0 Å². The fourth-order valence-corrected chi connectivity index (χ4v) is 3.18. The highest BCUT2D eigenvalue weighted by Crippen LogP contribution is 2.38. The Morgan fingerprint density at radius 3 is 1.86 bits per heavy atom. The highest BCUT2D eigenvalue weighted by molar-refractivity contribution is 4.78. The Morgan fingerprint density at radius 1 is 0.786 bits per heavy atom. The molecular weight excluding hydrogens is 168 g/mol. The lowest BCUT2D eigenvalue weighted by Gasteiger charge is -2.25. The van der Waals surface area contributed by atoms with Crippen LogP contribution in [0.5, 0.6) is 0 Å². The molecular formula is C14H28. The van der Waals surface area contributed by atoms with Gasteiger partial charge in [0.2, 0.25) is 0 Å². The Kier molecular flexibility index (Phi) is 4.47. The van der Waals surface area contributed by atoms with Crippen LogP contribution in [0.2, 0.25) is 0 Å². The molecule has 1 aliphatic rings. The molecule has 0 heteroatoms. The lowest BCUT2D eigenvalue weighted by molar-refractivity contribution is 0.254. The van der Waals surface area contributed by atoms with Crippen LogP contribution in [0.25, 0.3) is 0 Å². The Balaban J connectivity index is 2.53. The first-order chi connectivity index (χ1) is 6.52. The SMILES string of the molecule is CC(C)C1CCC(C)C(C(C)C)CC1. The van der Waals surface area contributed by atoms with Crippen molar-refractivity contribution in [2.45, 2.75) is 60.3 Å². The van der Waals surface area contributed by atoms with Gasteiger partial charge in [-0.05, 0) is 48.9 Å². The van der Waals surface area contributed by atoms with Gasteiger partial charge < -0.3 is 0 Å². The van der Waals surface area contributed by atoms with Crippen molar-refractivity contribution in [1.29, 1.82) is 0 Å². The van der Waals surface area contributed by atoms with E-state index in [0.717, 1.165) is 29.6 Å². The van der Waals surface area contributed by atoms with Crippen LogP contribution in [0.3, 0.4) is 0 Å². The van der Waals surface area contributed by atoms with E-state index in [4.69, 9.17) is 0 Å². The smallest absolute Gasteiger partial charge is 0.0365 e. The van der Waals surface area contributed by atoms with Crippen molar-refractivity contribution >= 4 is 0 Å². The Morgan fingerprint density at radius 2 is 1.36 bits per heavy atom. The second-order valence-corrected chi connectivity index (χ2v) is 6.04. The molecule has 0 aromatic heterocycles. The summed E-state index contributed by atoms with van der Waals surface area (Å²) >= 11 is 0. The van der Waals surface area contributed by atoms with Gasteiger partial charge in [0.25, 0.3) is 0 Å². The monoisotopic (exact) mass is 196 g/mol. The molecule has 0 saturated heterocycles. The molecule has 0 amide bonds. The van der Waals surface area contributed by atoms with Gasteiger partial charge >= 0.3 is 0 Å². The molecule has 1 rings (SSSR count). The molecule has 0 aromatic carbocycles. The fraction of sp³-hybridized carbons (Fsp3) is 1.00. The average Bonchev–Trinajstić information content (AvgIpc) is 2.26. The largest absolute Gasteiger partial charge is 0.0625 e. The fourth-order valence-electron chi connectivity index (χ4n) is 3.18. The van der Waals surface area contributed by atoms with Crippen LogP contribution in [0, 0.1) is 29.6 Å². The minimum absolute atomic E-state index is 0.885. The summed E-state index contributed by atoms with van der Waals surface area (Å²) in [5.74, 6) is 4.72. The quantitative estimate of drug-likeness (QED) is 0.560. The van der Waals surface area contributed by atoms with Crippen LogP contribution in [-0.2, 0) is 0 Å². The normalized spacial score (nSPS) is 34.9. The number of hydrogen-bond donors (Lipinski definition) is 0. The van der Waals surface area contributed by atoms with Crippen LogP contribution in [0.15, 0.2) is 0 Å². The molecule has 1 fully saturated rings. The van der Waals surface area contributed by atoms with E-state index in [1.165, 1.54) is 25.7 Å². The molecule has 84 valence electrons. The van der Waals surface area contributed by atoms with Gasteiger partial charge in [0.1, 0.15) is 0 Å². The minimum atomic E-state index is 0.885. The first kappa shape index (κ1) is 12.1. The molecule has 0 heterocycles. The summed E-state index contributed by atoms with van der Waals surface area (Å²) < 4.78 is 0. The van der Waals surface area contributed by atoms with Gasteiger partial charge in [0, 0.05) is 0 Å². The highest BCUT2D eigenvalue weighted by Gasteiger charge is 2.27. The summed E-state index contributed by atoms with van der Waals surface area (Å²) in [6.07, 6.45) is 5.89. The summed E-state index contributed by atoms with van der Waals surface area (Å²) in [6, 6.07) is 0. The molecule has 0 nitrogen and oxygen atoms in total. The van der Waals surface area contributed by atoms with Gasteiger partial charge in [0.05, 0.1) is 0 Å². The van der Waals surface area contributed by atoms with E-state index in [2.05, 4.69) is 34.6 Å². The zero-order chi connectivity index (χ0) is 10.7. The molecule has 1 saturated carbocycles. The first-order valence-electron chi connectivity index (χ1n) is 6.52. The Bertz CT molecular complexity index is 157. The van der Waals surface area contributed by atoms with E-state index in [0.29, 0.717) is 0 Å². The zero-order valence-electron chi connectivity index (χ0n) is 10.7. The Labute approximate surface area is 90.5 Å². The average molecular weight is 196 g/mol. The van der Waals surface area contributed by atoms with Crippen LogP contribution in [-0.4, -0.2) is 0 Å². The van der Waals surface area contributed by atoms with Gasteiger partial charge in [-0.2, -0.15) is 0 Å². The summed E-state index contributed by atoms with van der Waals surface area (Å²) in [5.41, 5.74) is 0. The minimum Gasteiger partial charge on any atom is -0.0625 e. The predicted octanol–water partition coefficient (Wildman–Crippen LogP) is 4.74. The van der Waals surface area contributed by atoms with Crippen molar-refractivity contribution in [2.24, 2.45) is 29.6 Å². The summed E-state index contributed by atoms with van der Waals surface area (Å²) in [5, 5.41) is 0. The lowest BCUT2D eigenvalue weighted by atomic mass is 9.81. The second-order valence-electron chi connectivity index (χ2n) is 6.04. The molecule has 3 atom stereocenters. The standard InChI is InChI=1S/C14H28/c1-10(2)13-7-6-12(5)14(9-8-13)11(3)4/h10-14H,6-9H2,1-5H3. The molecule has 3 unspecified atom stereocenters. The third kappa shape index (κ3) is 3.00. The first-order valence-corrected chi connectivity index (χ1v) is 6.52. The topological polar surface area (TPSA) is 0 Å². The van der Waals surface area contributed by atoms with E-state index >= 15 is 0 Å². The molecule has 0 aromatic rings. The molecule has 0 bridgehead atoms.